The Morgan fingerprint density at radius 3 is 2.86 bits per heavy atom. The van der Waals surface area contributed by atoms with Gasteiger partial charge in [0, 0.05) is 24.7 Å². The third kappa shape index (κ3) is 6.91. The van der Waals surface area contributed by atoms with E-state index in [1.165, 1.54) is 0 Å². The lowest BCUT2D eigenvalue weighted by molar-refractivity contribution is -0.143. The lowest BCUT2D eigenvalue weighted by Gasteiger charge is -2.32. The summed E-state index contributed by atoms with van der Waals surface area (Å²) in [6.45, 7) is 6.89. The highest BCUT2D eigenvalue weighted by atomic mass is 35.5. The summed E-state index contributed by atoms with van der Waals surface area (Å²) < 4.78 is 17.6. The fraction of sp³-hybridized carbons (Fsp3) is 0.407. The molecule has 35 heavy (non-hydrogen) atoms. The molecule has 2 aliphatic heterocycles. The van der Waals surface area contributed by atoms with E-state index in [4.69, 9.17) is 14.2 Å². The number of hydrogen-bond donors (Lipinski definition) is 1. The molecule has 0 spiro atoms. The van der Waals surface area contributed by atoms with E-state index in [1.807, 2.05) is 38.1 Å². The highest BCUT2D eigenvalue weighted by Gasteiger charge is 2.26. The summed E-state index contributed by atoms with van der Waals surface area (Å²) >= 11 is 0. The molecule has 1 saturated heterocycles. The second-order valence-electron chi connectivity index (χ2n) is 9.10. The molecule has 0 saturated carbocycles. The number of fused-ring (bicyclic) bond motifs is 1. The van der Waals surface area contributed by atoms with Crippen molar-refractivity contribution >= 4 is 24.5 Å². The maximum Gasteiger partial charge on any atom is 0.307 e. The summed E-state index contributed by atoms with van der Waals surface area (Å²) in [6, 6.07) is 13.4. The topological polar surface area (TPSA) is 92.0 Å². The molecule has 2 aromatic rings. The molecular formula is C27H31ClN2O5. The van der Waals surface area contributed by atoms with Crippen LogP contribution in [0.1, 0.15) is 43.4 Å². The minimum atomic E-state index is -0.708. The van der Waals surface area contributed by atoms with Crippen molar-refractivity contribution in [3.8, 4) is 23.3 Å². The number of halogens is 1. The molecular weight excluding hydrogens is 468 g/mol. The van der Waals surface area contributed by atoms with Crippen molar-refractivity contribution in [3.05, 3.63) is 58.7 Å². The van der Waals surface area contributed by atoms with Crippen LogP contribution >= 0.6 is 12.4 Å². The molecule has 7 nitrogen and oxygen atoms in total. The predicted octanol–water partition coefficient (Wildman–Crippen LogP) is 4.92. The monoisotopic (exact) mass is 498 g/mol. The smallest absolute Gasteiger partial charge is 0.307 e. The number of ether oxygens (including phenoxy) is 3. The van der Waals surface area contributed by atoms with Gasteiger partial charge in [-0.05, 0) is 74.7 Å². The van der Waals surface area contributed by atoms with Crippen molar-refractivity contribution in [1.82, 2.24) is 4.90 Å². The fourth-order valence-corrected chi connectivity index (χ4v) is 4.34. The Kier molecular flexibility index (Phi) is 9.02. The van der Waals surface area contributed by atoms with Crippen LogP contribution in [0.25, 0.3) is 6.08 Å². The average molecular weight is 499 g/mol. The van der Waals surface area contributed by atoms with Gasteiger partial charge in [0.2, 0.25) is 0 Å². The second kappa shape index (κ2) is 12.0. The van der Waals surface area contributed by atoms with Gasteiger partial charge in [-0.1, -0.05) is 6.07 Å². The van der Waals surface area contributed by atoms with Crippen molar-refractivity contribution in [2.45, 2.75) is 39.4 Å². The number of carbonyl (C=O) groups is 1. The normalized spacial score (nSPS) is 17.3. The van der Waals surface area contributed by atoms with Crippen LogP contribution in [0, 0.1) is 17.2 Å². The van der Waals surface area contributed by atoms with Gasteiger partial charge in [0.15, 0.2) is 0 Å². The van der Waals surface area contributed by atoms with Gasteiger partial charge in [-0.15, -0.1) is 12.4 Å². The van der Waals surface area contributed by atoms with Crippen LogP contribution in [0.2, 0.25) is 0 Å². The van der Waals surface area contributed by atoms with E-state index in [0.29, 0.717) is 36.8 Å². The Hall–Kier alpha value is -3.21. The third-order valence-corrected chi connectivity index (χ3v) is 5.97. The fourth-order valence-electron chi connectivity index (χ4n) is 4.34. The Morgan fingerprint density at radius 1 is 1.29 bits per heavy atom. The van der Waals surface area contributed by atoms with Crippen molar-refractivity contribution in [1.29, 1.82) is 5.26 Å². The molecule has 0 unspecified atom stereocenters. The molecule has 186 valence electrons. The van der Waals surface area contributed by atoms with E-state index >= 15 is 0 Å². The number of carboxylic acid groups (broad SMARTS) is 1. The molecule has 1 fully saturated rings. The zero-order chi connectivity index (χ0) is 24.1. The Balaban J connectivity index is 0.00000342. The van der Waals surface area contributed by atoms with Gasteiger partial charge >= 0.3 is 5.97 Å². The van der Waals surface area contributed by atoms with Gasteiger partial charge in [0.1, 0.15) is 36.5 Å². The maximum atomic E-state index is 11.3. The summed E-state index contributed by atoms with van der Waals surface area (Å²) in [5.74, 6) is 1.04. The van der Waals surface area contributed by atoms with Gasteiger partial charge < -0.3 is 19.3 Å². The number of likely N-dealkylation sites (tertiary alicyclic amines) is 1. The zero-order valence-electron chi connectivity index (χ0n) is 20.0. The highest BCUT2D eigenvalue weighted by molar-refractivity contribution is 5.85. The van der Waals surface area contributed by atoms with Crippen LogP contribution in [-0.2, 0) is 11.4 Å². The van der Waals surface area contributed by atoms with Gasteiger partial charge in [-0.25, -0.2) is 0 Å². The van der Waals surface area contributed by atoms with E-state index in [-0.39, 0.29) is 24.4 Å². The Labute approximate surface area is 212 Å². The number of nitrogens with zero attached hydrogens (tertiary/aromatic N) is 2. The van der Waals surface area contributed by atoms with E-state index < -0.39 is 5.97 Å². The van der Waals surface area contributed by atoms with E-state index in [1.54, 1.807) is 12.1 Å². The molecule has 2 aliphatic rings. The molecule has 0 bridgehead atoms. The van der Waals surface area contributed by atoms with Crippen LogP contribution < -0.4 is 14.2 Å². The molecule has 1 atom stereocenters. The van der Waals surface area contributed by atoms with Crippen LogP contribution in [-0.4, -0.2) is 48.3 Å². The largest absolute Gasteiger partial charge is 0.490 e. The third-order valence-electron chi connectivity index (χ3n) is 5.97. The van der Waals surface area contributed by atoms with Crippen LogP contribution in [0.3, 0.4) is 0 Å². The summed E-state index contributed by atoms with van der Waals surface area (Å²) in [5, 5.41) is 18.7. The number of hydrogen-bond acceptors (Lipinski definition) is 6. The first-order valence-electron chi connectivity index (χ1n) is 11.6. The molecule has 0 amide bonds. The summed E-state index contributed by atoms with van der Waals surface area (Å²) in [6.07, 6.45) is 3.78. The number of aliphatic carboxylic acids is 1. The SMILES string of the molecule is CC(C)Oc1ccc(COc2ccc3c(c2)OCC(CN2CCC[C@@H](C(=O)O)C2)=C3)cc1C#N.Cl. The number of benzene rings is 2. The van der Waals surface area contributed by atoms with Crippen LogP contribution in [0.15, 0.2) is 42.0 Å². The molecule has 0 aromatic heterocycles. The molecule has 0 radical (unpaired) electrons. The van der Waals surface area contributed by atoms with Crippen molar-refractivity contribution in [2.75, 3.05) is 26.2 Å². The average Bonchev–Trinajstić information content (AvgIpc) is 2.83. The van der Waals surface area contributed by atoms with Crippen molar-refractivity contribution in [2.24, 2.45) is 5.92 Å². The first-order chi connectivity index (χ1) is 16.4. The minimum absolute atomic E-state index is 0. The number of rotatable bonds is 8. The molecule has 8 heteroatoms. The maximum absolute atomic E-state index is 11.3. The van der Waals surface area contributed by atoms with Crippen molar-refractivity contribution < 1.29 is 24.1 Å². The van der Waals surface area contributed by atoms with Gasteiger partial charge in [0.05, 0.1) is 17.6 Å². The quantitative estimate of drug-likeness (QED) is 0.552. The lowest BCUT2D eigenvalue weighted by Crippen LogP contribution is -2.40. The predicted molar refractivity (Wildman–Crippen MR) is 135 cm³/mol. The molecule has 0 aliphatic carbocycles. The van der Waals surface area contributed by atoms with E-state index in [0.717, 1.165) is 48.4 Å². The van der Waals surface area contributed by atoms with Gasteiger partial charge in [-0.3, -0.25) is 9.69 Å². The number of nitriles is 1. The van der Waals surface area contributed by atoms with E-state index in [9.17, 15) is 15.2 Å². The standard InChI is InChI=1S/C27H30N2O5.ClH/c1-18(2)34-25-8-5-19(10-23(25)13-28)16-32-24-7-6-21-11-20(17-33-26(21)12-24)14-29-9-3-4-22(15-29)27(30)31;/h5-8,10-12,18,22H,3-4,9,14-17H2,1-2H3,(H,30,31);1H/t22-;/m1./s1. The lowest BCUT2D eigenvalue weighted by atomic mass is 9.97. The highest BCUT2D eigenvalue weighted by Crippen LogP contribution is 2.32. The molecule has 1 N–H and O–H groups in total. The zero-order valence-corrected chi connectivity index (χ0v) is 20.8. The first-order valence-corrected chi connectivity index (χ1v) is 11.6. The summed E-state index contributed by atoms with van der Waals surface area (Å²) in [5.41, 5.74) is 3.50. The molecule has 4 rings (SSSR count). The summed E-state index contributed by atoms with van der Waals surface area (Å²) in [4.78, 5) is 13.5. The Morgan fingerprint density at radius 2 is 2.11 bits per heavy atom. The number of piperidine rings is 1. The number of carboxylic acids is 1. The van der Waals surface area contributed by atoms with Gasteiger partial charge in [0.25, 0.3) is 0 Å². The van der Waals surface area contributed by atoms with Crippen LogP contribution in [0.5, 0.6) is 17.2 Å². The summed E-state index contributed by atoms with van der Waals surface area (Å²) in [7, 11) is 0. The van der Waals surface area contributed by atoms with E-state index in [2.05, 4.69) is 17.0 Å². The van der Waals surface area contributed by atoms with Gasteiger partial charge in [-0.2, -0.15) is 5.26 Å². The Bertz CT molecular complexity index is 1130. The molecule has 2 aromatic carbocycles. The minimum Gasteiger partial charge on any atom is -0.490 e. The second-order valence-corrected chi connectivity index (χ2v) is 9.10. The molecule has 2 heterocycles. The van der Waals surface area contributed by atoms with Crippen LogP contribution in [0.4, 0.5) is 0 Å². The van der Waals surface area contributed by atoms with Crippen molar-refractivity contribution in [3.63, 3.8) is 0 Å². The first kappa shape index (κ1) is 26.4.